The van der Waals surface area contributed by atoms with Crippen molar-refractivity contribution in [3.8, 4) is 5.88 Å². The number of nitrogens with zero attached hydrogens (tertiary/aromatic N) is 3. The molecule has 9 nitrogen and oxygen atoms in total. The highest BCUT2D eigenvalue weighted by molar-refractivity contribution is 7.91. The van der Waals surface area contributed by atoms with E-state index in [0.29, 0.717) is 31.6 Å². The molecule has 0 bridgehead atoms. The van der Waals surface area contributed by atoms with Gasteiger partial charge in [0, 0.05) is 32.4 Å². The van der Waals surface area contributed by atoms with Crippen molar-refractivity contribution in [3.05, 3.63) is 34.5 Å². The third-order valence-corrected chi connectivity index (χ3v) is 7.63. The molecule has 0 saturated heterocycles. The lowest BCUT2D eigenvalue weighted by molar-refractivity contribution is 0.156. The molecule has 3 N–H and O–H groups in total. The maximum absolute atomic E-state index is 13.1. The Balaban J connectivity index is 1.46. The van der Waals surface area contributed by atoms with Crippen molar-refractivity contribution < 1.29 is 18.5 Å². The number of carbonyl (C=O) groups excluding carboxylic acids is 1. The van der Waals surface area contributed by atoms with Gasteiger partial charge in [-0.15, -0.1) is 4.36 Å². The molecule has 31 heavy (non-hydrogen) atoms. The number of methoxy groups -OCH3 is 1. The summed E-state index contributed by atoms with van der Waals surface area (Å²) in [5.41, 5.74) is 5.65. The fraction of sp³-hybridized carbons (Fsp3) is 0.524. The van der Waals surface area contributed by atoms with Crippen molar-refractivity contribution >= 4 is 21.6 Å². The number of fused-ring (bicyclic) bond motifs is 3. The number of benzene rings is 1. The van der Waals surface area contributed by atoms with Gasteiger partial charge in [0.15, 0.2) is 9.92 Å². The summed E-state index contributed by atoms with van der Waals surface area (Å²) in [6, 6.07) is 1.57. The number of urea groups is 1. The Hall–Kier alpha value is -2.43. The highest BCUT2D eigenvalue weighted by Gasteiger charge is 2.30. The first-order chi connectivity index (χ1) is 15.0. The Morgan fingerprint density at radius 2 is 2.23 bits per heavy atom. The lowest BCUT2D eigenvalue weighted by Crippen LogP contribution is -2.21. The highest BCUT2D eigenvalue weighted by atomic mass is 32.2. The second kappa shape index (κ2) is 7.92. The molecule has 2 amide bonds. The van der Waals surface area contributed by atoms with Crippen molar-refractivity contribution in [2.45, 2.75) is 50.0 Å². The predicted molar refractivity (Wildman–Crippen MR) is 116 cm³/mol. The molecule has 2 atom stereocenters. The van der Waals surface area contributed by atoms with Crippen LogP contribution in [0.5, 0.6) is 5.88 Å². The molecule has 0 radical (unpaired) electrons. The van der Waals surface area contributed by atoms with Gasteiger partial charge in [0.1, 0.15) is 4.90 Å². The largest absolute Gasteiger partial charge is 0.477 e. The Morgan fingerprint density at radius 1 is 1.35 bits per heavy atom. The van der Waals surface area contributed by atoms with Gasteiger partial charge in [-0.1, -0.05) is 6.07 Å². The Bertz CT molecular complexity index is 1170. The van der Waals surface area contributed by atoms with Crippen LogP contribution in [-0.4, -0.2) is 40.3 Å². The topological polar surface area (TPSA) is 121 Å². The van der Waals surface area contributed by atoms with Crippen molar-refractivity contribution in [1.82, 2.24) is 9.78 Å². The summed E-state index contributed by atoms with van der Waals surface area (Å²) in [5.74, 6) is 0.726. The monoisotopic (exact) mass is 445 g/mol. The van der Waals surface area contributed by atoms with E-state index in [1.807, 2.05) is 0 Å². The predicted octanol–water partition coefficient (Wildman–Crippen LogP) is 2.45. The second-order valence-corrected chi connectivity index (χ2v) is 10.2. The van der Waals surface area contributed by atoms with Crippen molar-refractivity contribution in [2.24, 2.45) is 15.4 Å². The zero-order valence-corrected chi connectivity index (χ0v) is 18.4. The summed E-state index contributed by atoms with van der Waals surface area (Å²) >= 11 is 0. The van der Waals surface area contributed by atoms with Crippen LogP contribution in [0.3, 0.4) is 0 Å². The summed E-state index contributed by atoms with van der Waals surface area (Å²) in [5, 5.41) is 13.1. The van der Waals surface area contributed by atoms with E-state index < -0.39 is 15.9 Å². The zero-order valence-electron chi connectivity index (χ0n) is 17.6. The fourth-order valence-corrected chi connectivity index (χ4v) is 5.99. The van der Waals surface area contributed by atoms with E-state index in [2.05, 4.69) is 20.8 Å². The summed E-state index contributed by atoms with van der Waals surface area (Å²) in [7, 11) is -1.78. The van der Waals surface area contributed by atoms with Gasteiger partial charge in [-0.25, -0.2) is 18.8 Å². The minimum absolute atomic E-state index is 0.158. The van der Waals surface area contributed by atoms with Crippen LogP contribution in [-0.2, 0) is 46.9 Å². The van der Waals surface area contributed by atoms with Crippen LogP contribution >= 0.6 is 0 Å². The van der Waals surface area contributed by atoms with Gasteiger partial charge < -0.3 is 14.8 Å². The molecular weight excluding hydrogens is 418 g/mol. The minimum Gasteiger partial charge on any atom is -0.477 e. The molecule has 0 saturated carbocycles. The Labute approximate surface area is 181 Å². The van der Waals surface area contributed by atoms with Gasteiger partial charge in [0.25, 0.3) is 0 Å². The smallest absolute Gasteiger partial charge is 0.354 e. The van der Waals surface area contributed by atoms with E-state index >= 15 is 0 Å². The molecule has 5 rings (SSSR count). The number of rotatable bonds is 4. The number of amides is 2. The summed E-state index contributed by atoms with van der Waals surface area (Å²) < 4.78 is 29.5. The van der Waals surface area contributed by atoms with E-state index in [1.54, 1.807) is 11.8 Å². The molecule has 10 heteroatoms. The molecule has 0 fully saturated rings. The van der Waals surface area contributed by atoms with E-state index in [9.17, 15) is 9.00 Å². The number of aryl methyl sites for hydroxylation is 2. The van der Waals surface area contributed by atoms with Crippen LogP contribution in [0.4, 0.5) is 10.5 Å². The van der Waals surface area contributed by atoms with Gasteiger partial charge in [-0.3, -0.25) is 0 Å². The third kappa shape index (κ3) is 3.72. The average molecular weight is 446 g/mol. The SMILES string of the molecule is COC[C@H]1Cc2cc3c(c(NC(=O)N=[S@](N)(=O)c4cnn5c4OCCC5)c2C1)CCC3. The van der Waals surface area contributed by atoms with Crippen molar-refractivity contribution in [3.63, 3.8) is 0 Å². The Morgan fingerprint density at radius 3 is 3.06 bits per heavy atom. The van der Waals surface area contributed by atoms with Crippen LogP contribution in [0.15, 0.2) is 21.5 Å². The van der Waals surface area contributed by atoms with Gasteiger partial charge in [-0.05, 0) is 60.3 Å². The molecule has 166 valence electrons. The van der Waals surface area contributed by atoms with Crippen molar-refractivity contribution in [1.29, 1.82) is 0 Å². The van der Waals surface area contributed by atoms with Crippen LogP contribution in [0.25, 0.3) is 0 Å². The first-order valence-electron chi connectivity index (χ1n) is 10.7. The lowest BCUT2D eigenvalue weighted by Gasteiger charge is -2.16. The number of ether oxygens (including phenoxy) is 2. The minimum atomic E-state index is -3.49. The summed E-state index contributed by atoms with van der Waals surface area (Å²) in [6.45, 7) is 1.83. The molecule has 0 spiro atoms. The molecule has 2 heterocycles. The standard InChI is InChI=1S/C21H27N5O4S/c1-29-12-13-8-15-10-14-4-2-5-16(14)19(17(15)9-13)24-21(27)25-31(22,28)18-11-23-26-6-3-7-30-20(18)26/h10-11,13H,2-9,12H2,1H3,(H3,22,24,25,27,28)/t13-,31-/m0/s1. The maximum Gasteiger partial charge on any atom is 0.354 e. The molecule has 1 aromatic heterocycles. The van der Waals surface area contributed by atoms with Gasteiger partial charge in [-0.2, -0.15) is 5.10 Å². The number of anilines is 1. The molecule has 1 aromatic carbocycles. The lowest BCUT2D eigenvalue weighted by atomic mass is 9.99. The van der Waals surface area contributed by atoms with Crippen molar-refractivity contribution in [2.75, 3.05) is 25.6 Å². The molecule has 0 unspecified atom stereocenters. The van der Waals surface area contributed by atoms with E-state index in [1.165, 1.54) is 17.3 Å². The normalized spacial score (nSPS) is 20.9. The average Bonchev–Trinajstić information content (AvgIpc) is 3.45. The zero-order chi connectivity index (χ0) is 21.6. The van der Waals surface area contributed by atoms with Crippen LogP contribution in [0, 0.1) is 5.92 Å². The number of carbonyl (C=O) groups is 1. The molecule has 1 aliphatic heterocycles. The van der Waals surface area contributed by atoms with Crippen LogP contribution < -0.4 is 15.2 Å². The number of hydrogen-bond donors (Lipinski definition) is 2. The van der Waals surface area contributed by atoms with Gasteiger partial charge in [0.05, 0.1) is 12.8 Å². The van der Waals surface area contributed by atoms with Crippen LogP contribution in [0.1, 0.15) is 35.1 Å². The van der Waals surface area contributed by atoms with Crippen LogP contribution in [0.2, 0.25) is 0 Å². The van der Waals surface area contributed by atoms with E-state index in [4.69, 9.17) is 14.6 Å². The van der Waals surface area contributed by atoms with E-state index in [0.717, 1.165) is 55.3 Å². The summed E-state index contributed by atoms with van der Waals surface area (Å²) in [6.07, 6.45) is 6.95. The fourth-order valence-electron chi connectivity index (χ4n) is 4.99. The van der Waals surface area contributed by atoms with Gasteiger partial charge >= 0.3 is 6.03 Å². The second-order valence-electron chi connectivity index (χ2n) is 8.44. The number of nitrogens with two attached hydrogens (primary N) is 1. The first-order valence-corrected chi connectivity index (χ1v) is 12.2. The number of nitrogens with one attached hydrogen (secondary N) is 1. The van der Waals surface area contributed by atoms with E-state index in [-0.39, 0.29) is 4.90 Å². The quantitative estimate of drug-likeness (QED) is 0.749. The number of aromatic nitrogens is 2. The molecule has 2 aliphatic carbocycles. The maximum atomic E-state index is 13.1. The highest BCUT2D eigenvalue weighted by Crippen LogP contribution is 2.40. The Kier molecular flexibility index (Phi) is 5.23. The molecule has 3 aliphatic rings. The van der Waals surface area contributed by atoms with Gasteiger partial charge in [0.2, 0.25) is 5.88 Å². The third-order valence-electron chi connectivity index (χ3n) is 6.28. The summed E-state index contributed by atoms with van der Waals surface area (Å²) in [4.78, 5) is 13.0. The first kappa shape index (κ1) is 20.5. The number of hydrogen-bond acceptors (Lipinski definition) is 5. The molecular formula is C21H27N5O4S. The molecule has 2 aromatic rings.